The minimum absolute atomic E-state index is 0.277. The Balaban J connectivity index is 1.52. The van der Waals surface area contributed by atoms with Crippen molar-refractivity contribution in [1.29, 1.82) is 0 Å². The quantitative estimate of drug-likeness (QED) is 0.511. The van der Waals surface area contributed by atoms with Crippen LogP contribution in [0.2, 0.25) is 0 Å². The Morgan fingerprint density at radius 2 is 1.96 bits per heavy atom. The van der Waals surface area contributed by atoms with E-state index in [1.807, 2.05) is 42.5 Å². The van der Waals surface area contributed by atoms with Gasteiger partial charge in [-0.15, -0.1) is 10.2 Å². The van der Waals surface area contributed by atoms with E-state index >= 15 is 0 Å². The van der Waals surface area contributed by atoms with Crippen LogP contribution in [0.15, 0.2) is 53.5 Å². The van der Waals surface area contributed by atoms with Crippen molar-refractivity contribution in [3.05, 3.63) is 70.3 Å². The Morgan fingerprint density at radius 1 is 1.12 bits per heavy atom. The summed E-state index contributed by atoms with van der Waals surface area (Å²) in [5, 5.41) is 19.0. The molecule has 4 aromatic rings. The lowest BCUT2D eigenvalue weighted by Crippen LogP contribution is -2.18. The van der Waals surface area contributed by atoms with Crippen molar-refractivity contribution in [3.63, 3.8) is 0 Å². The van der Waals surface area contributed by atoms with Crippen LogP contribution in [0.5, 0.6) is 5.75 Å². The zero-order chi connectivity index (χ0) is 17.9. The number of rotatable bonds is 5. The Kier molecular flexibility index (Phi) is 4.06. The minimum Gasteiger partial charge on any atom is -0.497 e. The second-order valence-electron chi connectivity index (χ2n) is 5.77. The minimum atomic E-state index is -0.277. The zero-order valence-electron chi connectivity index (χ0n) is 14.0. The number of benzene rings is 2. The molecule has 4 rings (SSSR count). The van der Waals surface area contributed by atoms with Gasteiger partial charge in [0, 0.05) is 17.5 Å². The van der Waals surface area contributed by atoms with E-state index in [1.165, 1.54) is 0 Å². The molecule has 130 valence electrons. The number of H-pyrrole nitrogens is 2. The molecule has 2 aromatic heterocycles. The Morgan fingerprint density at radius 3 is 2.73 bits per heavy atom. The molecule has 0 aliphatic carbocycles. The number of aromatic nitrogens is 5. The molecule has 0 aliphatic rings. The maximum atomic E-state index is 12.3. The van der Waals surface area contributed by atoms with E-state index in [9.17, 15) is 4.79 Å². The lowest BCUT2D eigenvalue weighted by molar-refractivity contribution is 0.414. The van der Waals surface area contributed by atoms with Gasteiger partial charge in [0.2, 0.25) is 5.95 Å². The van der Waals surface area contributed by atoms with E-state index in [-0.39, 0.29) is 11.5 Å². The summed E-state index contributed by atoms with van der Waals surface area (Å²) >= 11 is 0. The first-order valence-corrected chi connectivity index (χ1v) is 8.00. The summed E-state index contributed by atoms with van der Waals surface area (Å²) in [6.07, 6.45) is 2.14. The smallest absolute Gasteiger partial charge is 0.274 e. The van der Waals surface area contributed by atoms with Crippen LogP contribution in [0.3, 0.4) is 0 Å². The molecule has 2 aromatic carbocycles. The van der Waals surface area contributed by atoms with Gasteiger partial charge in [0.25, 0.3) is 5.56 Å². The van der Waals surface area contributed by atoms with Gasteiger partial charge in [0.05, 0.1) is 18.8 Å². The molecular formula is C18H16N6O2. The molecule has 0 fully saturated rings. The van der Waals surface area contributed by atoms with E-state index in [0.717, 1.165) is 27.9 Å². The van der Waals surface area contributed by atoms with E-state index in [0.29, 0.717) is 12.1 Å². The van der Waals surface area contributed by atoms with E-state index in [2.05, 4.69) is 30.7 Å². The highest BCUT2D eigenvalue weighted by Crippen LogP contribution is 2.18. The first kappa shape index (κ1) is 15.8. The van der Waals surface area contributed by atoms with Gasteiger partial charge < -0.3 is 10.1 Å². The molecule has 0 radical (unpaired) electrons. The van der Waals surface area contributed by atoms with Crippen LogP contribution >= 0.6 is 0 Å². The summed E-state index contributed by atoms with van der Waals surface area (Å²) in [6.45, 7) is 0. The predicted molar refractivity (Wildman–Crippen MR) is 97.8 cm³/mol. The van der Waals surface area contributed by atoms with Crippen LogP contribution in [0, 0.1) is 0 Å². The fraction of sp³-hybridized carbons (Fsp3) is 0.111. The fourth-order valence-corrected chi connectivity index (χ4v) is 2.62. The SMILES string of the molecule is COc1ccc(Cc2nnc(Nc3ccc4cn[nH]c4c3)[nH]c2=O)cc1. The average molecular weight is 348 g/mol. The maximum absolute atomic E-state index is 12.3. The Hall–Kier alpha value is -3.68. The summed E-state index contributed by atoms with van der Waals surface area (Å²) < 4.78 is 5.13. The van der Waals surface area contributed by atoms with Gasteiger partial charge in [-0.05, 0) is 35.9 Å². The van der Waals surface area contributed by atoms with E-state index < -0.39 is 0 Å². The second kappa shape index (κ2) is 6.67. The van der Waals surface area contributed by atoms with Crippen molar-refractivity contribution < 1.29 is 4.74 Å². The molecule has 3 N–H and O–H groups in total. The molecule has 0 bridgehead atoms. The first-order chi connectivity index (χ1) is 12.7. The van der Waals surface area contributed by atoms with Crippen molar-refractivity contribution in [2.75, 3.05) is 12.4 Å². The van der Waals surface area contributed by atoms with Gasteiger partial charge in [-0.2, -0.15) is 5.10 Å². The molecule has 26 heavy (non-hydrogen) atoms. The van der Waals surface area contributed by atoms with Gasteiger partial charge in [0.1, 0.15) is 11.4 Å². The van der Waals surface area contributed by atoms with E-state index in [1.54, 1.807) is 13.3 Å². The van der Waals surface area contributed by atoms with Crippen LogP contribution < -0.4 is 15.6 Å². The molecule has 0 spiro atoms. The molecule has 8 heteroatoms. The number of fused-ring (bicyclic) bond motifs is 1. The molecule has 2 heterocycles. The highest BCUT2D eigenvalue weighted by Gasteiger charge is 2.07. The third-order valence-electron chi connectivity index (χ3n) is 4.00. The third kappa shape index (κ3) is 3.25. The first-order valence-electron chi connectivity index (χ1n) is 8.00. The largest absolute Gasteiger partial charge is 0.497 e. The lowest BCUT2D eigenvalue weighted by Gasteiger charge is -2.06. The van der Waals surface area contributed by atoms with E-state index in [4.69, 9.17) is 4.74 Å². The van der Waals surface area contributed by atoms with Crippen molar-refractivity contribution in [1.82, 2.24) is 25.4 Å². The summed E-state index contributed by atoms with van der Waals surface area (Å²) in [5.41, 5.74) is 2.69. The Labute approximate surface area is 148 Å². The number of hydrogen-bond donors (Lipinski definition) is 3. The highest BCUT2D eigenvalue weighted by molar-refractivity contribution is 5.82. The van der Waals surface area contributed by atoms with Crippen LogP contribution in [0.1, 0.15) is 11.3 Å². The number of methoxy groups -OCH3 is 1. The van der Waals surface area contributed by atoms with Crippen molar-refractivity contribution in [3.8, 4) is 5.75 Å². The molecular weight excluding hydrogens is 332 g/mol. The number of nitrogens with zero attached hydrogens (tertiary/aromatic N) is 3. The monoisotopic (exact) mass is 348 g/mol. The molecule has 0 amide bonds. The summed E-state index contributed by atoms with van der Waals surface area (Å²) in [4.78, 5) is 15.0. The third-order valence-corrected chi connectivity index (χ3v) is 4.00. The molecule has 8 nitrogen and oxygen atoms in total. The van der Waals surface area contributed by atoms with Crippen LogP contribution in [0.4, 0.5) is 11.6 Å². The second-order valence-corrected chi connectivity index (χ2v) is 5.77. The van der Waals surface area contributed by atoms with Crippen LogP contribution in [-0.2, 0) is 6.42 Å². The summed E-state index contributed by atoms with van der Waals surface area (Å²) in [6, 6.07) is 13.2. The normalized spacial score (nSPS) is 10.8. The van der Waals surface area contributed by atoms with Gasteiger partial charge in [-0.1, -0.05) is 12.1 Å². The van der Waals surface area contributed by atoms with Crippen molar-refractivity contribution >= 4 is 22.5 Å². The zero-order valence-corrected chi connectivity index (χ0v) is 14.0. The fourth-order valence-electron chi connectivity index (χ4n) is 2.62. The molecule has 0 atom stereocenters. The maximum Gasteiger partial charge on any atom is 0.274 e. The van der Waals surface area contributed by atoms with Crippen LogP contribution in [0.25, 0.3) is 10.9 Å². The topological polar surface area (TPSA) is 109 Å². The number of nitrogens with one attached hydrogen (secondary N) is 3. The molecule has 0 saturated heterocycles. The molecule has 0 aliphatic heterocycles. The molecule has 0 saturated carbocycles. The summed E-state index contributed by atoms with van der Waals surface area (Å²) in [5.74, 6) is 1.05. The lowest BCUT2D eigenvalue weighted by atomic mass is 10.1. The highest BCUT2D eigenvalue weighted by atomic mass is 16.5. The van der Waals surface area contributed by atoms with Crippen LogP contribution in [-0.4, -0.2) is 32.5 Å². The van der Waals surface area contributed by atoms with Gasteiger partial charge in [-0.25, -0.2) is 0 Å². The number of aromatic amines is 2. The van der Waals surface area contributed by atoms with Crippen molar-refractivity contribution in [2.45, 2.75) is 6.42 Å². The summed E-state index contributed by atoms with van der Waals surface area (Å²) in [7, 11) is 1.61. The van der Waals surface area contributed by atoms with Crippen molar-refractivity contribution in [2.24, 2.45) is 0 Å². The number of hydrogen-bond acceptors (Lipinski definition) is 6. The Bertz CT molecular complexity index is 1100. The van der Waals surface area contributed by atoms with Gasteiger partial charge in [-0.3, -0.25) is 14.9 Å². The predicted octanol–water partition coefficient (Wildman–Crippen LogP) is 2.38. The van der Waals surface area contributed by atoms with Gasteiger partial charge >= 0.3 is 0 Å². The molecule has 0 unspecified atom stereocenters. The standard InChI is InChI=1S/C18H16N6O2/c1-26-14-6-2-11(3-7-14)8-16-17(25)21-18(24-23-16)20-13-5-4-12-10-19-22-15(12)9-13/h2-7,9-10H,8H2,1H3,(H,19,22)(H2,20,21,24,25). The number of ether oxygens (including phenoxy) is 1. The van der Waals surface area contributed by atoms with Gasteiger partial charge in [0.15, 0.2) is 0 Å². The number of anilines is 2. The average Bonchev–Trinajstić information content (AvgIpc) is 3.12.